The Morgan fingerprint density at radius 3 is 1.89 bits per heavy atom. The molecule has 0 atom stereocenters. The molecule has 0 bridgehead atoms. The van der Waals surface area contributed by atoms with Crippen LogP contribution in [0.25, 0.3) is 0 Å². The number of nitriles is 1. The van der Waals surface area contributed by atoms with Crippen molar-refractivity contribution in [1.82, 2.24) is 0 Å². The number of hydrogen-bond donors (Lipinski definition) is 0. The van der Waals surface area contributed by atoms with Gasteiger partial charge in [-0.05, 0) is 35.4 Å². The maximum atomic E-state index is 8.68. The molecular weight excluding hydrogens is 246 g/mol. The first-order valence-electron chi connectivity index (χ1n) is 5.59. The Morgan fingerprint density at radius 2 is 1.39 bits per heavy atom. The number of rotatable bonds is 4. The van der Waals surface area contributed by atoms with E-state index >= 15 is 0 Å². The summed E-state index contributed by atoms with van der Waals surface area (Å²) in [5.74, 6) is 0. The molecule has 2 rings (SSSR count). The van der Waals surface area contributed by atoms with Crippen LogP contribution in [-0.2, 0) is 18.0 Å². The van der Waals surface area contributed by atoms with Gasteiger partial charge in [0.05, 0.1) is 24.8 Å². The Balaban J connectivity index is 1.84. The van der Waals surface area contributed by atoms with E-state index in [9.17, 15) is 0 Å². The predicted octanol–water partition coefficient (Wildman–Crippen LogP) is 3.93. The molecule has 2 aromatic carbocycles. The highest BCUT2D eigenvalue weighted by molar-refractivity contribution is 6.30. The van der Waals surface area contributed by atoms with E-state index in [1.807, 2.05) is 36.4 Å². The van der Waals surface area contributed by atoms with E-state index in [4.69, 9.17) is 21.6 Å². The summed E-state index contributed by atoms with van der Waals surface area (Å²) < 4.78 is 5.59. The van der Waals surface area contributed by atoms with Crippen LogP contribution >= 0.6 is 11.6 Å². The zero-order valence-corrected chi connectivity index (χ0v) is 10.5. The summed E-state index contributed by atoms with van der Waals surface area (Å²) >= 11 is 5.80. The van der Waals surface area contributed by atoms with Crippen molar-refractivity contribution in [3.63, 3.8) is 0 Å². The molecule has 0 aliphatic heterocycles. The van der Waals surface area contributed by atoms with E-state index in [2.05, 4.69) is 6.07 Å². The molecule has 18 heavy (non-hydrogen) atoms. The van der Waals surface area contributed by atoms with Crippen LogP contribution in [0.3, 0.4) is 0 Å². The normalized spacial score (nSPS) is 10.0. The smallest absolute Gasteiger partial charge is 0.0991 e. The van der Waals surface area contributed by atoms with Crippen LogP contribution in [0.1, 0.15) is 16.7 Å². The summed E-state index contributed by atoms with van der Waals surface area (Å²) in [7, 11) is 0. The van der Waals surface area contributed by atoms with Gasteiger partial charge in [0, 0.05) is 5.02 Å². The molecule has 0 saturated carbocycles. The zero-order chi connectivity index (χ0) is 12.8. The highest BCUT2D eigenvalue weighted by Crippen LogP contribution is 2.11. The van der Waals surface area contributed by atoms with Gasteiger partial charge in [-0.3, -0.25) is 0 Å². The first-order valence-corrected chi connectivity index (χ1v) is 5.97. The lowest BCUT2D eigenvalue weighted by molar-refractivity contribution is 0.107. The SMILES string of the molecule is N#Cc1ccc(COCc2ccc(Cl)cc2)cc1. The van der Waals surface area contributed by atoms with Gasteiger partial charge in [-0.15, -0.1) is 0 Å². The molecular formula is C15H12ClNO. The van der Waals surface area contributed by atoms with E-state index < -0.39 is 0 Å². The van der Waals surface area contributed by atoms with Gasteiger partial charge in [-0.2, -0.15) is 5.26 Å². The minimum atomic E-state index is 0.536. The zero-order valence-electron chi connectivity index (χ0n) is 9.77. The van der Waals surface area contributed by atoms with E-state index in [0.29, 0.717) is 18.8 Å². The van der Waals surface area contributed by atoms with Crippen LogP contribution in [-0.4, -0.2) is 0 Å². The van der Waals surface area contributed by atoms with Crippen molar-refractivity contribution in [2.75, 3.05) is 0 Å². The third kappa shape index (κ3) is 3.59. The van der Waals surface area contributed by atoms with Crippen LogP contribution in [0.15, 0.2) is 48.5 Å². The number of nitrogens with zero attached hydrogens (tertiary/aromatic N) is 1. The van der Waals surface area contributed by atoms with E-state index in [-0.39, 0.29) is 0 Å². The molecule has 0 aromatic heterocycles. The van der Waals surface area contributed by atoms with Crippen molar-refractivity contribution in [2.45, 2.75) is 13.2 Å². The second-order valence-corrected chi connectivity index (χ2v) is 4.36. The van der Waals surface area contributed by atoms with Crippen molar-refractivity contribution < 1.29 is 4.74 Å². The van der Waals surface area contributed by atoms with Gasteiger partial charge in [0.2, 0.25) is 0 Å². The van der Waals surface area contributed by atoms with Gasteiger partial charge in [0.1, 0.15) is 0 Å². The summed E-state index contributed by atoms with van der Waals surface area (Å²) in [6, 6.07) is 17.1. The lowest BCUT2D eigenvalue weighted by Gasteiger charge is -2.05. The lowest BCUT2D eigenvalue weighted by atomic mass is 10.1. The fraction of sp³-hybridized carbons (Fsp3) is 0.133. The lowest BCUT2D eigenvalue weighted by Crippen LogP contribution is -1.94. The largest absolute Gasteiger partial charge is 0.372 e. The summed E-state index contributed by atoms with van der Waals surface area (Å²) in [5, 5.41) is 9.41. The summed E-state index contributed by atoms with van der Waals surface area (Å²) in [5.41, 5.74) is 2.81. The van der Waals surface area contributed by atoms with Crippen LogP contribution in [0.5, 0.6) is 0 Å². The standard InChI is InChI=1S/C15H12ClNO/c16-15-7-5-14(6-8-15)11-18-10-13-3-1-12(9-17)2-4-13/h1-8H,10-11H2. The van der Waals surface area contributed by atoms with E-state index in [0.717, 1.165) is 16.1 Å². The average molecular weight is 258 g/mol. The molecule has 0 unspecified atom stereocenters. The summed E-state index contributed by atoms with van der Waals surface area (Å²) in [4.78, 5) is 0. The van der Waals surface area contributed by atoms with Gasteiger partial charge in [-0.25, -0.2) is 0 Å². The Labute approximate surface area is 111 Å². The highest BCUT2D eigenvalue weighted by Gasteiger charge is 1.96. The molecule has 2 nitrogen and oxygen atoms in total. The maximum Gasteiger partial charge on any atom is 0.0991 e. The van der Waals surface area contributed by atoms with Crippen LogP contribution in [0, 0.1) is 11.3 Å². The Hall–Kier alpha value is -1.82. The Morgan fingerprint density at radius 1 is 0.889 bits per heavy atom. The first kappa shape index (κ1) is 12.6. The van der Waals surface area contributed by atoms with Crippen LogP contribution < -0.4 is 0 Å². The van der Waals surface area contributed by atoms with Gasteiger partial charge in [0.25, 0.3) is 0 Å². The minimum absolute atomic E-state index is 0.536. The quantitative estimate of drug-likeness (QED) is 0.831. The molecule has 0 aliphatic carbocycles. The number of hydrogen-bond acceptors (Lipinski definition) is 2. The van der Waals surface area contributed by atoms with Gasteiger partial charge in [-0.1, -0.05) is 35.9 Å². The third-order valence-corrected chi connectivity index (χ3v) is 2.79. The molecule has 0 saturated heterocycles. The second-order valence-electron chi connectivity index (χ2n) is 3.93. The van der Waals surface area contributed by atoms with Crippen molar-refractivity contribution in [3.8, 4) is 6.07 Å². The molecule has 0 fully saturated rings. The third-order valence-electron chi connectivity index (χ3n) is 2.53. The van der Waals surface area contributed by atoms with Crippen molar-refractivity contribution in [3.05, 3.63) is 70.2 Å². The molecule has 90 valence electrons. The number of benzene rings is 2. The average Bonchev–Trinajstić information content (AvgIpc) is 2.42. The van der Waals surface area contributed by atoms with Crippen molar-refractivity contribution in [2.24, 2.45) is 0 Å². The molecule has 0 amide bonds. The van der Waals surface area contributed by atoms with E-state index in [1.54, 1.807) is 12.1 Å². The van der Waals surface area contributed by atoms with Crippen LogP contribution in [0.4, 0.5) is 0 Å². The van der Waals surface area contributed by atoms with Crippen molar-refractivity contribution >= 4 is 11.6 Å². The molecule has 0 N–H and O–H groups in total. The molecule has 0 spiro atoms. The number of halogens is 1. The van der Waals surface area contributed by atoms with Crippen molar-refractivity contribution in [1.29, 1.82) is 5.26 Å². The maximum absolute atomic E-state index is 8.68. The fourth-order valence-electron chi connectivity index (χ4n) is 1.54. The Bertz CT molecular complexity index is 540. The van der Waals surface area contributed by atoms with Gasteiger partial charge >= 0.3 is 0 Å². The summed E-state index contributed by atoms with van der Waals surface area (Å²) in [6.45, 7) is 1.09. The molecule has 2 aromatic rings. The monoisotopic (exact) mass is 257 g/mol. The summed E-state index contributed by atoms with van der Waals surface area (Å²) in [6.07, 6.45) is 0. The number of ether oxygens (including phenoxy) is 1. The van der Waals surface area contributed by atoms with Gasteiger partial charge < -0.3 is 4.74 Å². The van der Waals surface area contributed by atoms with Gasteiger partial charge in [0.15, 0.2) is 0 Å². The Kier molecular flexibility index (Phi) is 4.35. The molecule has 3 heteroatoms. The second kappa shape index (κ2) is 6.20. The minimum Gasteiger partial charge on any atom is -0.372 e. The topological polar surface area (TPSA) is 33.0 Å². The molecule has 0 heterocycles. The first-order chi connectivity index (χ1) is 8.78. The highest BCUT2D eigenvalue weighted by atomic mass is 35.5. The molecule has 0 aliphatic rings. The van der Waals surface area contributed by atoms with Crippen LogP contribution in [0.2, 0.25) is 5.02 Å². The van der Waals surface area contributed by atoms with E-state index in [1.165, 1.54) is 0 Å². The fourth-order valence-corrected chi connectivity index (χ4v) is 1.67. The predicted molar refractivity (Wildman–Crippen MR) is 71.1 cm³/mol. The molecule has 0 radical (unpaired) electrons.